The number of benzene rings is 3. The lowest BCUT2D eigenvalue weighted by Crippen LogP contribution is -2.32. The number of amides is 2. The molecule has 1 atom stereocenters. The van der Waals surface area contributed by atoms with Crippen LogP contribution in [-0.4, -0.2) is 24.2 Å². The van der Waals surface area contributed by atoms with E-state index in [9.17, 15) is 14.4 Å². The number of anilines is 2. The average molecular weight is 404 g/mol. The first kappa shape index (κ1) is 21.0. The number of hydrogen-bond donors (Lipinski definition) is 2. The number of rotatable bonds is 8. The van der Waals surface area contributed by atoms with Crippen molar-refractivity contribution in [2.24, 2.45) is 5.92 Å². The highest BCUT2D eigenvalue weighted by atomic mass is 16.5. The molecule has 2 N–H and O–H groups in total. The first-order valence-corrected chi connectivity index (χ1v) is 9.79. The van der Waals surface area contributed by atoms with Gasteiger partial charge < -0.3 is 15.4 Å². The lowest BCUT2D eigenvalue weighted by atomic mass is 9.99. The number of ketones is 1. The minimum atomic E-state index is -1.08. The first-order valence-electron chi connectivity index (χ1n) is 9.79. The number of ether oxygens (including phenoxy) is 1. The number of hydrogen-bond acceptors (Lipinski definition) is 4. The molecule has 0 heterocycles. The van der Waals surface area contributed by atoms with Crippen LogP contribution in [0.5, 0.6) is 5.75 Å². The Hall–Kier alpha value is -3.67. The Morgan fingerprint density at radius 2 is 1.60 bits per heavy atom. The maximum atomic E-state index is 12.8. The zero-order chi connectivity index (χ0) is 21.5. The fraction of sp³-hybridized carbons (Fsp3) is 0.208. The molecule has 3 aromatic rings. The second kappa shape index (κ2) is 9.69. The predicted molar refractivity (Wildman–Crippen MR) is 118 cm³/mol. The van der Waals surface area contributed by atoms with Crippen LogP contribution in [0.4, 0.5) is 11.4 Å². The van der Waals surface area contributed by atoms with Crippen LogP contribution < -0.4 is 15.4 Å². The Morgan fingerprint density at radius 1 is 0.900 bits per heavy atom. The van der Waals surface area contributed by atoms with E-state index in [1.165, 1.54) is 6.92 Å². The average Bonchev–Trinajstić information content (AvgIpc) is 2.73. The van der Waals surface area contributed by atoms with Crippen molar-refractivity contribution >= 4 is 39.7 Å². The fourth-order valence-electron chi connectivity index (χ4n) is 3.17. The van der Waals surface area contributed by atoms with E-state index >= 15 is 0 Å². The summed E-state index contributed by atoms with van der Waals surface area (Å²) in [5, 5.41) is 7.36. The molecule has 1 unspecified atom stereocenters. The molecule has 30 heavy (non-hydrogen) atoms. The number of fused-ring (bicyclic) bond motifs is 1. The minimum absolute atomic E-state index is 0.237. The standard InChI is InChI=1S/C24H24N2O4/c1-3-30-19-13-11-18(12-14-19)25-23(28)15-21(16(2)27)24(29)26-22-10-6-8-17-7-4-5-9-20(17)22/h4-14,21H,3,15H2,1-2H3,(H,25,28)(H,26,29). The van der Waals surface area contributed by atoms with E-state index in [0.29, 0.717) is 23.7 Å². The molecule has 0 aliphatic heterocycles. The molecule has 0 aliphatic carbocycles. The molecule has 0 bridgehead atoms. The minimum Gasteiger partial charge on any atom is -0.494 e. The van der Waals surface area contributed by atoms with Gasteiger partial charge in [0.05, 0.1) is 6.61 Å². The van der Waals surface area contributed by atoms with Crippen molar-refractivity contribution in [2.45, 2.75) is 20.3 Å². The Labute approximate surface area is 175 Å². The lowest BCUT2D eigenvalue weighted by molar-refractivity contribution is -0.133. The molecular weight excluding hydrogens is 380 g/mol. The van der Waals surface area contributed by atoms with Crippen molar-refractivity contribution in [1.82, 2.24) is 0 Å². The van der Waals surface area contributed by atoms with Gasteiger partial charge in [0.15, 0.2) is 0 Å². The third kappa shape index (κ3) is 5.23. The second-order valence-corrected chi connectivity index (χ2v) is 6.89. The maximum Gasteiger partial charge on any atom is 0.235 e. The predicted octanol–water partition coefficient (Wildman–Crippen LogP) is 4.41. The highest BCUT2D eigenvalue weighted by Gasteiger charge is 2.27. The third-order valence-corrected chi connectivity index (χ3v) is 4.69. The molecule has 0 aliphatic rings. The van der Waals surface area contributed by atoms with Gasteiger partial charge in [-0.25, -0.2) is 0 Å². The Kier molecular flexibility index (Phi) is 6.80. The Bertz CT molecular complexity index is 1050. The van der Waals surface area contributed by atoms with Crippen LogP contribution in [0.15, 0.2) is 66.7 Å². The monoisotopic (exact) mass is 404 g/mol. The third-order valence-electron chi connectivity index (χ3n) is 4.69. The smallest absolute Gasteiger partial charge is 0.235 e. The molecule has 6 nitrogen and oxygen atoms in total. The summed E-state index contributed by atoms with van der Waals surface area (Å²) in [6.45, 7) is 3.76. The summed E-state index contributed by atoms with van der Waals surface area (Å²) in [5.41, 5.74) is 1.18. The number of Topliss-reactive ketones (excluding diaryl/α,β-unsaturated/α-hetero) is 1. The van der Waals surface area contributed by atoms with E-state index in [0.717, 1.165) is 10.8 Å². The Morgan fingerprint density at radius 3 is 2.30 bits per heavy atom. The van der Waals surface area contributed by atoms with Gasteiger partial charge in [-0.15, -0.1) is 0 Å². The summed E-state index contributed by atoms with van der Waals surface area (Å²) in [7, 11) is 0. The van der Waals surface area contributed by atoms with Crippen LogP contribution in [-0.2, 0) is 14.4 Å². The van der Waals surface area contributed by atoms with Gasteiger partial charge in [-0.2, -0.15) is 0 Å². The van der Waals surface area contributed by atoms with E-state index in [4.69, 9.17) is 4.74 Å². The van der Waals surface area contributed by atoms with Crippen molar-refractivity contribution in [1.29, 1.82) is 0 Å². The van der Waals surface area contributed by atoms with Gasteiger partial charge in [-0.3, -0.25) is 14.4 Å². The van der Waals surface area contributed by atoms with E-state index in [-0.39, 0.29) is 12.2 Å². The van der Waals surface area contributed by atoms with Crippen molar-refractivity contribution < 1.29 is 19.1 Å². The van der Waals surface area contributed by atoms with E-state index in [2.05, 4.69) is 10.6 Å². The van der Waals surface area contributed by atoms with Crippen molar-refractivity contribution in [2.75, 3.05) is 17.2 Å². The van der Waals surface area contributed by atoms with Gasteiger partial charge in [0.1, 0.15) is 17.5 Å². The topological polar surface area (TPSA) is 84.5 Å². The van der Waals surface area contributed by atoms with Gasteiger partial charge in [0.25, 0.3) is 0 Å². The van der Waals surface area contributed by atoms with Crippen LogP contribution in [0.25, 0.3) is 10.8 Å². The van der Waals surface area contributed by atoms with Gasteiger partial charge in [-0.05, 0) is 49.6 Å². The summed E-state index contributed by atoms with van der Waals surface area (Å²) >= 11 is 0. The molecule has 0 radical (unpaired) electrons. The van der Waals surface area contributed by atoms with E-state index in [1.807, 2.05) is 43.3 Å². The molecular formula is C24H24N2O4. The molecule has 154 valence electrons. The molecule has 3 aromatic carbocycles. The van der Waals surface area contributed by atoms with Gasteiger partial charge in [0, 0.05) is 23.2 Å². The van der Waals surface area contributed by atoms with Crippen LogP contribution in [0.1, 0.15) is 20.3 Å². The number of carbonyl (C=O) groups excluding carboxylic acids is 3. The zero-order valence-corrected chi connectivity index (χ0v) is 17.0. The van der Waals surface area contributed by atoms with E-state index < -0.39 is 17.7 Å². The van der Waals surface area contributed by atoms with Crippen LogP contribution in [0.2, 0.25) is 0 Å². The summed E-state index contributed by atoms with van der Waals surface area (Å²) in [4.78, 5) is 37.3. The van der Waals surface area contributed by atoms with E-state index in [1.54, 1.807) is 30.3 Å². The zero-order valence-electron chi connectivity index (χ0n) is 17.0. The number of carbonyl (C=O) groups is 3. The molecule has 0 spiro atoms. The summed E-state index contributed by atoms with van der Waals surface area (Å²) < 4.78 is 5.37. The summed E-state index contributed by atoms with van der Waals surface area (Å²) in [6, 6.07) is 20.1. The number of nitrogens with one attached hydrogen (secondary N) is 2. The molecule has 2 amide bonds. The first-order chi connectivity index (χ1) is 14.5. The normalized spacial score (nSPS) is 11.5. The lowest BCUT2D eigenvalue weighted by Gasteiger charge is -2.15. The summed E-state index contributed by atoms with van der Waals surface area (Å²) in [5.74, 6) is -1.65. The maximum absolute atomic E-state index is 12.8. The van der Waals surface area contributed by atoms with Gasteiger partial charge in [-0.1, -0.05) is 36.4 Å². The van der Waals surface area contributed by atoms with Gasteiger partial charge in [0.2, 0.25) is 11.8 Å². The molecule has 6 heteroatoms. The molecule has 0 fully saturated rings. The van der Waals surface area contributed by atoms with Crippen LogP contribution in [0, 0.1) is 5.92 Å². The molecule has 0 saturated heterocycles. The fourth-order valence-corrected chi connectivity index (χ4v) is 3.17. The SMILES string of the molecule is CCOc1ccc(NC(=O)CC(C(C)=O)C(=O)Nc2cccc3ccccc23)cc1. The van der Waals surface area contributed by atoms with Crippen LogP contribution >= 0.6 is 0 Å². The quantitative estimate of drug-likeness (QED) is 0.545. The largest absolute Gasteiger partial charge is 0.494 e. The molecule has 0 aromatic heterocycles. The van der Waals surface area contributed by atoms with Gasteiger partial charge >= 0.3 is 0 Å². The Balaban J connectivity index is 1.68. The highest BCUT2D eigenvalue weighted by molar-refractivity contribution is 6.12. The van der Waals surface area contributed by atoms with Crippen LogP contribution in [0.3, 0.4) is 0 Å². The van der Waals surface area contributed by atoms with Crippen molar-refractivity contribution in [3.63, 3.8) is 0 Å². The van der Waals surface area contributed by atoms with Crippen molar-refractivity contribution in [3.8, 4) is 5.75 Å². The molecule has 0 saturated carbocycles. The second-order valence-electron chi connectivity index (χ2n) is 6.89. The summed E-state index contributed by atoms with van der Waals surface area (Å²) in [6.07, 6.45) is -0.237. The van der Waals surface area contributed by atoms with Crippen molar-refractivity contribution in [3.05, 3.63) is 66.7 Å². The molecule has 3 rings (SSSR count). The highest BCUT2D eigenvalue weighted by Crippen LogP contribution is 2.24.